The number of fused-ring (bicyclic) bond motifs is 1. The van der Waals surface area contributed by atoms with Crippen LogP contribution in [-0.4, -0.2) is 65.2 Å². The lowest BCUT2D eigenvalue weighted by Gasteiger charge is -2.20. The quantitative estimate of drug-likeness (QED) is 0.455. The third-order valence-corrected chi connectivity index (χ3v) is 7.17. The first kappa shape index (κ1) is 21.5. The molecule has 3 N–H and O–H groups in total. The van der Waals surface area contributed by atoms with Crippen molar-refractivity contribution in [2.45, 2.75) is 39.2 Å². The van der Waals surface area contributed by atoms with Gasteiger partial charge in [-0.1, -0.05) is 13.8 Å². The number of carbonyl (C=O) groups is 1. The van der Waals surface area contributed by atoms with Gasteiger partial charge in [-0.05, 0) is 56.6 Å². The first-order valence-corrected chi connectivity index (χ1v) is 11.4. The molecule has 31 heavy (non-hydrogen) atoms. The number of H-pyrrole nitrogens is 1. The average Bonchev–Trinajstić information content (AvgIpc) is 3.43. The molecule has 0 aliphatic carbocycles. The number of nitrogens with zero attached hydrogens (tertiary/aromatic N) is 4. The van der Waals surface area contributed by atoms with Crippen molar-refractivity contribution in [1.82, 2.24) is 19.8 Å². The maximum atomic E-state index is 13.1. The SMILES string of the molecule is Cc1cc(-c2[nH]c3cc(C(=O)N4CC[C@@H](N(C)C)C4)sc3c2C(C)C)cnc1N=CN.[HH]. The fraction of sp³-hybridized carbons (Fsp3) is 0.435. The first-order chi connectivity index (χ1) is 14.8. The van der Waals surface area contributed by atoms with Gasteiger partial charge in [0, 0.05) is 32.3 Å². The number of aromatic nitrogens is 2. The molecular formula is C23H32N6OS. The van der Waals surface area contributed by atoms with E-state index in [1.54, 1.807) is 11.3 Å². The number of nitrogens with one attached hydrogen (secondary N) is 1. The number of aryl methyl sites for hydroxylation is 1. The van der Waals surface area contributed by atoms with Crippen LogP contribution in [0.1, 0.15) is 48.4 Å². The van der Waals surface area contributed by atoms with Crippen LogP contribution in [0.15, 0.2) is 23.3 Å². The van der Waals surface area contributed by atoms with E-state index in [0.29, 0.717) is 17.8 Å². The van der Waals surface area contributed by atoms with Crippen LogP contribution in [0, 0.1) is 6.92 Å². The van der Waals surface area contributed by atoms with Crippen molar-refractivity contribution in [3.05, 3.63) is 34.3 Å². The third-order valence-electron chi connectivity index (χ3n) is 6.01. The molecule has 1 saturated heterocycles. The Kier molecular flexibility index (Phi) is 5.85. The number of aliphatic imine (C=N–C) groups is 1. The predicted molar refractivity (Wildman–Crippen MR) is 131 cm³/mol. The molecule has 3 aromatic rings. The van der Waals surface area contributed by atoms with Crippen LogP contribution >= 0.6 is 11.3 Å². The number of rotatable bonds is 5. The van der Waals surface area contributed by atoms with Gasteiger partial charge in [0.05, 0.1) is 27.1 Å². The molecule has 4 heterocycles. The molecule has 7 nitrogen and oxygen atoms in total. The number of thiophene rings is 1. The van der Waals surface area contributed by atoms with Crippen LogP contribution in [0.3, 0.4) is 0 Å². The number of hydrogen-bond acceptors (Lipinski definition) is 5. The lowest BCUT2D eigenvalue weighted by atomic mass is 9.99. The summed E-state index contributed by atoms with van der Waals surface area (Å²) in [6.45, 7) is 7.96. The molecule has 0 bridgehead atoms. The Labute approximate surface area is 188 Å². The van der Waals surface area contributed by atoms with Gasteiger partial charge < -0.3 is 20.5 Å². The van der Waals surface area contributed by atoms with Gasteiger partial charge in [0.15, 0.2) is 5.82 Å². The van der Waals surface area contributed by atoms with Crippen molar-refractivity contribution in [1.29, 1.82) is 0 Å². The van der Waals surface area contributed by atoms with E-state index < -0.39 is 0 Å². The number of aromatic amines is 1. The molecule has 166 valence electrons. The molecule has 8 heteroatoms. The van der Waals surface area contributed by atoms with Crippen LogP contribution in [0.25, 0.3) is 21.5 Å². The van der Waals surface area contributed by atoms with Gasteiger partial charge in [0.2, 0.25) is 0 Å². The Balaban J connectivity index is 0.00000289. The largest absolute Gasteiger partial charge is 0.390 e. The zero-order valence-corrected chi connectivity index (χ0v) is 19.6. The van der Waals surface area contributed by atoms with Crippen LogP contribution < -0.4 is 5.73 Å². The van der Waals surface area contributed by atoms with E-state index in [1.165, 1.54) is 11.9 Å². The molecule has 3 aromatic heterocycles. The minimum Gasteiger partial charge on any atom is -0.390 e. The molecule has 0 saturated carbocycles. The highest BCUT2D eigenvalue weighted by Crippen LogP contribution is 2.40. The summed E-state index contributed by atoms with van der Waals surface area (Å²) in [7, 11) is 4.16. The van der Waals surface area contributed by atoms with Crippen molar-refractivity contribution >= 4 is 39.6 Å². The summed E-state index contributed by atoms with van der Waals surface area (Å²) >= 11 is 1.59. The zero-order chi connectivity index (χ0) is 22.3. The summed E-state index contributed by atoms with van der Waals surface area (Å²) in [5.41, 5.74) is 10.7. The van der Waals surface area contributed by atoms with Gasteiger partial charge >= 0.3 is 0 Å². The Morgan fingerprint density at radius 1 is 1.45 bits per heavy atom. The highest BCUT2D eigenvalue weighted by molar-refractivity contribution is 7.21. The van der Waals surface area contributed by atoms with E-state index in [0.717, 1.165) is 51.4 Å². The van der Waals surface area contributed by atoms with E-state index in [2.05, 4.69) is 53.9 Å². The zero-order valence-electron chi connectivity index (χ0n) is 18.8. The minimum absolute atomic E-state index is 0. The second-order valence-corrected chi connectivity index (χ2v) is 9.77. The van der Waals surface area contributed by atoms with Gasteiger partial charge in [-0.2, -0.15) is 0 Å². The molecule has 1 amide bonds. The monoisotopic (exact) mass is 440 g/mol. The number of carbonyl (C=O) groups excluding carboxylic acids is 1. The van der Waals surface area contributed by atoms with E-state index in [1.807, 2.05) is 24.1 Å². The summed E-state index contributed by atoms with van der Waals surface area (Å²) in [6.07, 6.45) is 4.12. The lowest BCUT2D eigenvalue weighted by molar-refractivity contribution is 0.0788. The van der Waals surface area contributed by atoms with E-state index in [4.69, 9.17) is 5.73 Å². The molecule has 1 atom stereocenters. The normalized spacial score (nSPS) is 17.1. The van der Waals surface area contributed by atoms with E-state index >= 15 is 0 Å². The molecule has 1 fully saturated rings. The van der Waals surface area contributed by atoms with E-state index in [-0.39, 0.29) is 7.33 Å². The standard InChI is InChI=1S/C23H30N6OS.H2/c1-13(2)19-20(15-8-14(3)22(25-10-15)26-12-24)27-17-9-18(31-21(17)19)23(30)29-7-6-16(11-29)28(4)5;/h8-10,12-13,16,27H,6-7,11H2,1-5H3,(H2,24,25,26);1H/t16-;/m1./s1. The van der Waals surface area contributed by atoms with Crippen molar-refractivity contribution in [3.8, 4) is 11.3 Å². The molecule has 0 unspecified atom stereocenters. The molecule has 1 aliphatic rings. The molecule has 0 spiro atoms. The fourth-order valence-electron chi connectivity index (χ4n) is 4.30. The van der Waals surface area contributed by atoms with Crippen LogP contribution in [-0.2, 0) is 0 Å². The average molecular weight is 441 g/mol. The number of likely N-dealkylation sites (tertiary alicyclic amines) is 1. The Bertz CT molecular complexity index is 1150. The molecule has 0 radical (unpaired) electrons. The molecule has 4 rings (SSSR count). The van der Waals surface area contributed by atoms with Gasteiger partial charge in [-0.25, -0.2) is 9.98 Å². The maximum absolute atomic E-state index is 13.1. The lowest BCUT2D eigenvalue weighted by Crippen LogP contribution is -2.34. The second kappa shape index (κ2) is 8.43. The summed E-state index contributed by atoms with van der Waals surface area (Å²) in [4.78, 5) is 30.2. The minimum atomic E-state index is 0. The Morgan fingerprint density at radius 3 is 2.84 bits per heavy atom. The summed E-state index contributed by atoms with van der Waals surface area (Å²) < 4.78 is 1.15. The van der Waals surface area contributed by atoms with Gasteiger partial charge in [0.25, 0.3) is 5.91 Å². The number of nitrogens with two attached hydrogens (primary N) is 1. The van der Waals surface area contributed by atoms with Crippen molar-refractivity contribution in [2.75, 3.05) is 27.2 Å². The number of likely N-dealkylation sites (N-methyl/N-ethyl adjacent to an activating group) is 1. The van der Waals surface area contributed by atoms with Gasteiger partial charge in [0.1, 0.15) is 0 Å². The number of pyridine rings is 1. The smallest absolute Gasteiger partial charge is 0.264 e. The maximum Gasteiger partial charge on any atom is 0.264 e. The highest BCUT2D eigenvalue weighted by Gasteiger charge is 2.30. The van der Waals surface area contributed by atoms with Crippen molar-refractivity contribution in [2.24, 2.45) is 10.7 Å². The second-order valence-electron chi connectivity index (χ2n) is 8.72. The third kappa shape index (κ3) is 3.97. The Morgan fingerprint density at radius 2 is 2.23 bits per heavy atom. The van der Waals surface area contributed by atoms with Crippen LogP contribution in [0.2, 0.25) is 0 Å². The molecule has 0 aromatic carbocycles. The van der Waals surface area contributed by atoms with Crippen LogP contribution in [0.4, 0.5) is 5.82 Å². The summed E-state index contributed by atoms with van der Waals surface area (Å²) in [5, 5.41) is 0. The molecule has 1 aliphatic heterocycles. The summed E-state index contributed by atoms with van der Waals surface area (Å²) in [6, 6.07) is 4.52. The summed E-state index contributed by atoms with van der Waals surface area (Å²) in [5.74, 6) is 1.06. The van der Waals surface area contributed by atoms with Gasteiger partial charge in [-0.15, -0.1) is 11.3 Å². The Hall–Kier alpha value is -2.71. The van der Waals surface area contributed by atoms with Crippen LogP contribution in [0.5, 0.6) is 0 Å². The highest BCUT2D eigenvalue weighted by atomic mass is 32.1. The fourth-order valence-corrected chi connectivity index (χ4v) is 5.58. The first-order valence-electron chi connectivity index (χ1n) is 10.6. The number of hydrogen-bond donors (Lipinski definition) is 2. The van der Waals surface area contributed by atoms with Gasteiger partial charge in [-0.3, -0.25) is 4.79 Å². The van der Waals surface area contributed by atoms with Crippen molar-refractivity contribution in [3.63, 3.8) is 0 Å². The topological polar surface area (TPSA) is 90.6 Å². The number of amides is 1. The predicted octanol–water partition coefficient (Wildman–Crippen LogP) is 4.36. The van der Waals surface area contributed by atoms with Crippen molar-refractivity contribution < 1.29 is 6.22 Å². The molecular weight excluding hydrogens is 408 g/mol. The van der Waals surface area contributed by atoms with E-state index in [9.17, 15) is 4.79 Å².